The zero-order valence-electron chi connectivity index (χ0n) is 17.6. The molecule has 2 aromatic rings. The summed E-state index contributed by atoms with van der Waals surface area (Å²) in [5.74, 6) is 1.46. The lowest BCUT2D eigenvalue weighted by Crippen LogP contribution is -2.43. The molecule has 2 aliphatic rings. The van der Waals surface area contributed by atoms with Crippen molar-refractivity contribution >= 4 is 11.8 Å². The van der Waals surface area contributed by atoms with Crippen LogP contribution in [0.2, 0.25) is 0 Å². The molecule has 0 aliphatic carbocycles. The molecular weight excluding hydrogens is 364 g/mol. The fraction of sp³-hybridized carbons (Fsp3) is 0.565. The van der Waals surface area contributed by atoms with Gasteiger partial charge in [-0.3, -0.25) is 9.78 Å². The van der Waals surface area contributed by atoms with E-state index in [0.29, 0.717) is 25.2 Å². The Balaban J connectivity index is 1.67. The molecule has 0 radical (unpaired) electrons. The van der Waals surface area contributed by atoms with E-state index in [1.165, 1.54) is 18.4 Å². The average Bonchev–Trinajstić information content (AvgIpc) is 2.87. The molecule has 1 aromatic heterocycles. The normalized spacial score (nSPS) is 22.3. The van der Waals surface area contributed by atoms with E-state index in [4.69, 9.17) is 9.72 Å². The van der Waals surface area contributed by atoms with Crippen LogP contribution in [0.25, 0.3) is 0 Å². The summed E-state index contributed by atoms with van der Waals surface area (Å²) in [6.45, 7) is 8.42. The van der Waals surface area contributed by atoms with Gasteiger partial charge in [0.25, 0.3) is 5.56 Å². The maximum absolute atomic E-state index is 12.5. The summed E-state index contributed by atoms with van der Waals surface area (Å²) in [4.78, 5) is 25.0. The summed E-state index contributed by atoms with van der Waals surface area (Å²) < 4.78 is 5.46. The average molecular weight is 397 g/mol. The van der Waals surface area contributed by atoms with Gasteiger partial charge in [-0.15, -0.1) is 0 Å². The summed E-state index contributed by atoms with van der Waals surface area (Å²) >= 11 is 0. The van der Waals surface area contributed by atoms with Crippen molar-refractivity contribution in [3.05, 3.63) is 52.3 Å². The summed E-state index contributed by atoms with van der Waals surface area (Å²) in [5, 5.41) is 0. The largest absolute Gasteiger partial charge is 0.378 e. The second kappa shape index (κ2) is 8.57. The first-order valence-corrected chi connectivity index (χ1v) is 10.7. The molecule has 29 heavy (non-hydrogen) atoms. The van der Waals surface area contributed by atoms with Gasteiger partial charge in [-0.05, 0) is 30.2 Å². The van der Waals surface area contributed by atoms with E-state index in [1.807, 2.05) is 0 Å². The van der Waals surface area contributed by atoms with E-state index in [-0.39, 0.29) is 11.0 Å². The minimum absolute atomic E-state index is 0.0861. The Morgan fingerprint density at radius 3 is 2.72 bits per heavy atom. The third-order valence-corrected chi connectivity index (χ3v) is 6.07. The van der Waals surface area contributed by atoms with E-state index in [2.05, 4.69) is 59.0 Å². The van der Waals surface area contributed by atoms with Crippen molar-refractivity contribution in [1.29, 1.82) is 0 Å². The molecule has 6 heteroatoms. The topological polar surface area (TPSA) is 61.5 Å². The molecule has 4 rings (SSSR count). The minimum Gasteiger partial charge on any atom is -0.378 e. The van der Waals surface area contributed by atoms with E-state index < -0.39 is 0 Å². The van der Waals surface area contributed by atoms with Crippen LogP contribution in [0, 0.1) is 5.41 Å². The van der Waals surface area contributed by atoms with Gasteiger partial charge < -0.3 is 14.5 Å². The Bertz CT molecular complexity index is 859. The molecule has 2 aliphatic heterocycles. The molecule has 6 nitrogen and oxygen atoms in total. The molecule has 0 spiro atoms. The van der Waals surface area contributed by atoms with Crippen molar-refractivity contribution in [2.75, 3.05) is 42.6 Å². The number of morpholine rings is 1. The lowest BCUT2D eigenvalue weighted by atomic mass is 9.88. The Kier molecular flexibility index (Phi) is 5.90. The van der Waals surface area contributed by atoms with Gasteiger partial charge in [0.15, 0.2) is 0 Å². The lowest BCUT2D eigenvalue weighted by molar-refractivity contribution is 0.122. The van der Waals surface area contributed by atoms with Crippen LogP contribution in [0.1, 0.15) is 38.7 Å². The van der Waals surface area contributed by atoms with Crippen molar-refractivity contribution in [3.63, 3.8) is 0 Å². The Hall–Kier alpha value is -2.34. The maximum Gasteiger partial charge on any atom is 0.254 e. The highest BCUT2D eigenvalue weighted by atomic mass is 16.5. The smallest absolute Gasteiger partial charge is 0.254 e. The second-order valence-corrected chi connectivity index (χ2v) is 9.05. The number of hydrogen-bond donors (Lipinski definition) is 1. The molecular formula is C23H32N4O2. The number of aromatic nitrogens is 2. The molecule has 0 amide bonds. The molecule has 1 N–H and O–H groups in total. The highest BCUT2D eigenvalue weighted by Gasteiger charge is 2.32. The van der Waals surface area contributed by atoms with Crippen molar-refractivity contribution in [1.82, 2.24) is 9.97 Å². The first-order chi connectivity index (χ1) is 14.0. The van der Waals surface area contributed by atoms with E-state index in [9.17, 15) is 4.79 Å². The Morgan fingerprint density at radius 2 is 1.97 bits per heavy atom. The molecule has 2 fully saturated rings. The molecule has 0 bridgehead atoms. The predicted octanol–water partition coefficient (Wildman–Crippen LogP) is 3.23. The molecule has 0 unspecified atom stereocenters. The summed E-state index contributed by atoms with van der Waals surface area (Å²) in [5.41, 5.74) is 1.42. The minimum atomic E-state index is -0.0861. The van der Waals surface area contributed by atoms with Crippen LogP contribution in [0.3, 0.4) is 0 Å². The van der Waals surface area contributed by atoms with Crippen LogP contribution >= 0.6 is 0 Å². The standard InChI is InChI=1S/C23H32N4O2/c1-23(2)10-6-9-19(15-18-7-4-3-5-8-18)27(17-23)22-24-20(16-21(28)25-22)26-11-13-29-14-12-26/h3-5,7-8,16,19H,6,9-15,17H2,1-2H3,(H,24,25,28)/t19-/m1/s1. The number of nitrogens with one attached hydrogen (secondary N) is 1. The van der Waals surface area contributed by atoms with Gasteiger partial charge in [0.05, 0.1) is 13.2 Å². The highest BCUT2D eigenvalue weighted by Crippen LogP contribution is 2.33. The van der Waals surface area contributed by atoms with Crippen molar-refractivity contribution in [2.24, 2.45) is 5.41 Å². The second-order valence-electron chi connectivity index (χ2n) is 9.05. The number of benzene rings is 1. The van der Waals surface area contributed by atoms with Crippen LogP contribution < -0.4 is 15.4 Å². The van der Waals surface area contributed by atoms with Crippen LogP contribution in [0.15, 0.2) is 41.2 Å². The number of rotatable bonds is 4. The van der Waals surface area contributed by atoms with Crippen LogP contribution in [0.5, 0.6) is 0 Å². The number of hydrogen-bond acceptors (Lipinski definition) is 5. The number of aromatic amines is 1. The zero-order chi connectivity index (χ0) is 20.3. The van der Waals surface area contributed by atoms with E-state index in [1.54, 1.807) is 6.07 Å². The fourth-order valence-electron chi connectivity index (χ4n) is 4.51. The van der Waals surface area contributed by atoms with Gasteiger partial charge in [-0.1, -0.05) is 50.6 Å². The van der Waals surface area contributed by atoms with E-state index >= 15 is 0 Å². The van der Waals surface area contributed by atoms with Gasteiger partial charge in [-0.2, -0.15) is 4.98 Å². The van der Waals surface area contributed by atoms with Gasteiger partial charge >= 0.3 is 0 Å². The quantitative estimate of drug-likeness (QED) is 0.860. The van der Waals surface area contributed by atoms with Crippen LogP contribution in [0.4, 0.5) is 11.8 Å². The van der Waals surface area contributed by atoms with Gasteiger partial charge in [0.1, 0.15) is 5.82 Å². The van der Waals surface area contributed by atoms with Crippen molar-refractivity contribution in [3.8, 4) is 0 Å². The Labute approximate surface area is 172 Å². The number of anilines is 2. The molecule has 1 aromatic carbocycles. The van der Waals surface area contributed by atoms with E-state index in [0.717, 1.165) is 38.3 Å². The monoisotopic (exact) mass is 396 g/mol. The van der Waals surface area contributed by atoms with Gasteiger partial charge in [-0.25, -0.2) is 0 Å². The first-order valence-electron chi connectivity index (χ1n) is 10.7. The van der Waals surface area contributed by atoms with Gasteiger partial charge in [0, 0.05) is 31.7 Å². The summed E-state index contributed by atoms with van der Waals surface area (Å²) in [6, 6.07) is 12.6. The van der Waals surface area contributed by atoms with Crippen LogP contribution in [-0.2, 0) is 11.2 Å². The highest BCUT2D eigenvalue weighted by molar-refractivity contribution is 5.45. The zero-order valence-corrected chi connectivity index (χ0v) is 17.6. The third kappa shape index (κ3) is 4.99. The van der Waals surface area contributed by atoms with Crippen molar-refractivity contribution in [2.45, 2.75) is 45.6 Å². The maximum atomic E-state index is 12.5. The summed E-state index contributed by atoms with van der Waals surface area (Å²) in [6.07, 6.45) is 4.43. The fourth-order valence-corrected chi connectivity index (χ4v) is 4.51. The molecule has 1 atom stereocenters. The lowest BCUT2D eigenvalue weighted by Gasteiger charge is -2.36. The molecule has 0 saturated carbocycles. The first kappa shape index (κ1) is 20.0. The van der Waals surface area contributed by atoms with Crippen molar-refractivity contribution < 1.29 is 4.74 Å². The third-order valence-electron chi connectivity index (χ3n) is 6.07. The van der Waals surface area contributed by atoms with Gasteiger partial charge in [0.2, 0.25) is 5.95 Å². The number of ether oxygens (including phenoxy) is 1. The Morgan fingerprint density at radius 1 is 1.21 bits per heavy atom. The predicted molar refractivity (Wildman–Crippen MR) is 117 cm³/mol. The molecule has 156 valence electrons. The molecule has 2 saturated heterocycles. The molecule has 3 heterocycles. The SMILES string of the molecule is CC1(C)CCC[C@H](Cc2ccccc2)N(c2nc(N3CCOCC3)cc(=O)[nH]2)C1. The number of nitrogens with zero attached hydrogens (tertiary/aromatic N) is 3. The summed E-state index contributed by atoms with van der Waals surface area (Å²) in [7, 11) is 0. The number of H-pyrrole nitrogens is 1. The van der Waals surface area contributed by atoms with Crippen LogP contribution in [-0.4, -0.2) is 48.9 Å².